The van der Waals surface area contributed by atoms with Gasteiger partial charge in [0.1, 0.15) is 0 Å². The molecule has 2 amide bonds. The van der Waals surface area contributed by atoms with Crippen LogP contribution in [0, 0.1) is 13.8 Å². The maximum atomic E-state index is 12.7. The number of carbonyl (C=O) groups is 3. The van der Waals surface area contributed by atoms with E-state index in [1.54, 1.807) is 18.2 Å². The highest BCUT2D eigenvalue weighted by molar-refractivity contribution is 7.13. The summed E-state index contributed by atoms with van der Waals surface area (Å²) in [7, 11) is 1.28. The minimum absolute atomic E-state index is 0.0290. The number of anilines is 3. The zero-order chi connectivity index (χ0) is 23.8. The molecule has 0 spiro atoms. The maximum absolute atomic E-state index is 12.7. The minimum Gasteiger partial charge on any atom is -0.469 e. The van der Waals surface area contributed by atoms with Gasteiger partial charge in [-0.15, -0.1) is 11.3 Å². The Bertz CT molecular complexity index is 1160. The van der Waals surface area contributed by atoms with Crippen molar-refractivity contribution in [2.75, 3.05) is 23.1 Å². The van der Waals surface area contributed by atoms with Gasteiger partial charge in [-0.05, 0) is 43.2 Å². The number of hydrogen-bond donors (Lipinski definition) is 3. The van der Waals surface area contributed by atoms with E-state index in [-0.39, 0.29) is 24.7 Å². The number of carbonyl (C=O) groups excluding carboxylic acids is 3. The highest BCUT2D eigenvalue weighted by Gasteiger charge is 2.15. The molecule has 33 heavy (non-hydrogen) atoms. The van der Waals surface area contributed by atoms with Crippen molar-refractivity contribution in [2.45, 2.75) is 33.2 Å². The molecule has 0 unspecified atom stereocenters. The van der Waals surface area contributed by atoms with E-state index in [9.17, 15) is 14.4 Å². The molecule has 3 aromatic rings. The molecule has 0 atom stereocenters. The highest BCUT2D eigenvalue weighted by atomic mass is 32.1. The van der Waals surface area contributed by atoms with E-state index in [1.807, 2.05) is 43.5 Å². The summed E-state index contributed by atoms with van der Waals surface area (Å²) in [5.74, 6) is -1.15. The smallest absolute Gasteiger partial charge is 0.306 e. The lowest BCUT2D eigenvalue weighted by molar-refractivity contribution is -0.141. The number of nitrogens with one attached hydrogen (secondary N) is 3. The standard InChI is InChI=1S/C24H26N4O4S/c1-15-6-4-5-7-18(15)13-25-19-9-8-17(23(31)28-24-26-16(2)14-33-24)12-20(19)27-21(29)10-11-22(30)32-3/h4-9,12,14,25H,10-11,13H2,1-3H3,(H,27,29)(H,26,28,31). The number of amides is 2. The average molecular weight is 467 g/mol. The number of rotatable bonds is 9. The van der Waals surface area contributed by atoms with Crippen molar-refractivity contribution in [1.29, 1.82) is 0 Å². The molecule has 2 aromatic carbocycles. The quantitative estimate of drug-likeness (QED) is 0.400. The van der Waals surface area contributed by atoms with E-state index in [2.05, 4.69) is 25.7 Å². The Kier molecular flexibility index (Phi) is 8.15. The zero-order valence-corrected chi connectivity index (χ0v) is 19.5. The van der Waals surface area contributed by atoms with Gasteiger partial charge in [0.2, 0.25) is 5.91 Å². The first kappa shape index (κ1) is 23.9. The maximum Gasteiger partial charge on any atom is 0.306 e. The van der Waals surface area contributed by atoms with E-state index < -0.39 is 5.97 Å². The molecule has 9 heteroatoms. The lowest BCUT2D eigenvalue weighted by atomic mass is 10.1. The van der Waals surface area contributed by atoms with Crippen LogP contribution in [0.15, 0.2) is 47.8 Å². The molecule has 0 aliphatic heterocycles. The molecule has 0 saturated carbocycles. The number of hydrogen-bond acceptors (Lipinski definition) is 7. The fourth-order valence-corrected chi connectivity index (χ4v) is 3.74. The van der Waals surface area contributed by atoms with Gasteiger partial charge in [0.05, 0.1) is 30.6 Å². The van der Waals surface area contributed by atoms with E-state index in [0.29, 0.717) is 28.6 Å². The van der Waals surface area contributed by atoms with Crippen LogP contribution in [-0.4, -0.2) is 29.9 Å². The third-order valence-electron chi connectivity index (χ3n) is 4.91. The van der Waals surface area contributed by atoms with Crippen molar-refractivity contribution in [1.82, 2.24) is 4.98 Å². The first-order valence-electron chi connectivity index (χ1n) is 10.4. The van der Waals surface area contributed by atoms with Crippen LogP contribution >= 0.6 is 11.3 Å². The van der Waals surface area contributed by atoms with Crippen molar-refractivity contribution < 1.29 is 19.1 Å². The second-order valence-electron chi connectivity index (χ2n) is 7.41. The highest BCUT2D eigenvalue weighted by Crippen LogP contribution is 2.26. The van der Waals surface area contributed by atoms with Gasteiger partial charge in [-0.1, -0.05) is 24.3 Å². The fourth-order valence-electron chi connectivity index (χ4n) is 3.05. The van der Waals surface area contributed by atoms with Crippen molar-refractivity contribution in [3.63, 3.8) is 0 Å². The zero-order valence-electron chi connectivity index (χ0n) is 18.7. The lowest BCUT2D eigenvalue weighted by Gasteiger charge is -2.15. The van der Waals surface area contributed by atoms with E-state index >= 15 is 0 Å². The Morgan fingerprint density at radius 2 is 1.79 bits per heavy atom. The van der Waals surface area contributed by atoms with E-state index in [1.165, 1.54) is 18.4 Å². The van der Waals surface area contributed by atoms with Gasteiger partial charge >= 0.3 is 5.97 Å². The van der Waals surface area contributed by atoms with Crippen LogP contribution in [0.4, 0.5) is 16.5 Å². The molecule has 1 aromatic heterocycles. The van der Waals surface area contributed by atoms with Gasteiger partial charge in [-0.3, -0.25) is 19.7 Å². The predicted octanol–water partition coefficient (Wildman–Crippen LogP) is 4.52. The summed E-state index contributed by atoms with van der Waals surface area (Å²) < 4.78 is 4.59. The number of nitrogens with zero attached hydrogens (tertiary/aromatic N) is 1. The Hall–Kier alpha value is -3.72. The van der Waals surface area contributed by atoms with Crippen LogP contribution in [0.25, 0.3) is 0 Å². The summed E-state index contributed by atoms with van der Waals surface area (Å²) in [6.07, 6.45) is -0.0589. The number of ether oxygens (including phenoxy) is 1. The second kappa shape index (κ2) is 11.2. The summed E-state index contributed by atoms with van der Waals surface area (Å²) in [4.78, 5) is 40.8. The Labute approximate surface area is 196 Å². The lowest BCUT2D eigenvalue weighted by Crippen LogP contribution is -2.17. The first-order valence-corrected chi connectivity index (χ1v) is 11.3. The minimum atomic E-state index is -0.463. The van der Waals surface area contributed by atoms with Gasteiger partial charge in [0, 0.05) is 23.9 Å². The number of aryl methyl sites for hydroxylation is 2. The molecule has 0 radical (unpaired) electrons. The number of benzene rings is 2. The van der Waals surface area contributed by atoms with Crippen LogP contribution in [0.5, 0.6) is 0 Å². The topological polar surface area (TPSA) is 109 Å². The second-order valence-corrected chi connectivity index (χ2v) is 8.27. The summed E-state index contributed by atoms with van der Waals surface area (Å²) in [6, 6.07) is 13.0. The van der Waals surface area contributed by atoms with Gasteiger partial charge in [-0.2, -0.15) is 0 Å². The van der Waals surface area contributed by atoms with Crippen LogP contribution < -0.4 is 16.0 Å². The molecular formula is C24H26N4O4S. The number of esters is 1. The van der Waals surface area contributed by atoms with Crippen LogP contribution in [0.3, 0.4) is 0 Å². The van der Waals surface area contributed by atoms with Gasteiger partial charge in [0.15, 0.2) is 5.13 Å². The third kappa shape index (κ3) is 6.88. The summed E-state index contributed by atoms with van der Waals surface area (Å²) >= 11 is 1.34. The molecule has 0 bridgehead atoms. The molecule has 1 heterocycles. The molecule has 172 valence electrons. The predicted molar refractivity (Wildman–Crippen MR) is 130 cm³/mol. The molecule has 0 fully saturated rings. The largest absolute Gasteiger partial charge is 0.469 e. The molecule has 3 N–H and O–H groups in total. The van der Waals surface area contributed by atoms with E-state index in [0.717, 1.165) is 16.8 Å². The Morgan fingerprint density at radius 1 is 1.00 bits per heavy atom. The van der Waals surface area contributed by atoms with E-state index in [4.69, 9.17) is 0 Å². The SMILES string of the molecule is COC(=O)CCC(=O)Nc1cc(C(=O)Nc2nc(C)cs2)ccc1NCc1ccccc1C. The van der Waals surface area contributed by atoms with Crippen LogP contribution in [0.2, 0.25) is 0 Å². The van der Waals surface area contributed by atoms with Crippen molar-refractivity contribution in [2.24, 2.45) is 0 Å². The molecule has 0 saturated heterocycles. The summed E-state index contributed by atoms with van der Waals surface area (Å²) in [6.45, 7) is 4.42. The molecule has 8 nitrogen and oxygen atoms in total. The van der Waals surface area contributed by atoms with Gasteiger partial charge in [0.25, 0.3) is 5.91 Å². The molecule has 0 aliphatic rings. The van der Waals surface area contributed by atoms with Crippen LogP contribution in [-0.2, 0) is 20.9 Å². The molecule has 0 aliphatic carbocycles. The summed E-state index contributed by atoms with van der Waals surface area (Å²) in [5, 5.41) is 11.2. The third-order valence-corrected chi connectivity index (χ3v) is 5.79. The normalized spacial score (nSPS) is 10.4. The Balaban J connectivity index is 1.79. The van der Waals surface area contributed by atoms with Gasteiger partial charge < -0.3 is 15.4 Å². The van der Waals surface area contributed by atoms with Crippen molar-refractivity contribution in [3.05, 3.63) is 70.2 Å². The van der Waals surface area contributed by atoms with Crippen LogP contribution in [0.1, 0.15) is 40.0 Å². The first-order chi connectivity index (χ1) is 15.9. The summed E-state index contributed by atoms with van der Waals surface area (Å²) in [5.41, 5.74) is 4.55. The van der Waals surface area contributed by atoms with Gasteiger partial charge in [-0.25, -0.2) is 4.98 Å². The molecular weight excluding hydrogens is 440 g/mol. The monoisotopic (exact) mass is 466 g/mol. The number of methoxy groups -OCH3 is 1. The Morgan fingerprint density at radius 3 is 2.48 bits per heavy atom. The average Bonchev–Trinajstić information content (AvgIpc) is 3.21. The fraction of sp³-hybridized carbons (Fsp3) is 0.250. The van der Waals surface area contributed by atoms with Crippen molar-refractivity contribution >= 4 is 45.6 Å². The molecule has 3 rings (SSSR count). The number of thiazole rings is 1. The number of aromatic nitrogens is 1. The van der Waals surface area contributed by atoms with Crippen molar-refractivity contribution in [3.8, 4) is 0 Å².